The fourth-order valence-electron chi connectivity index (χ4n) is 0. The average molecular weight is 369 g/mol. The Hall–Kier alpha value is 2.38. The molecule has 0 spiro atoms. The molecule has 0 saturated heterocycles. The monoisotopic (exact) mass is 369 g/mol. The summed E-state index contributed by atoms with van der Waals surface area (Å²) in [4.78, 5) is 43.1. The van der Waals surface area contributed by atoms with Gasteiger partial charge in [-0.15, -0.1) is 0 Å². The van der Waals surface area contributed by atoms with E-state index in [-0.39, 0.29) is 71.5 Å². The maximum atomic E-state index is 8.88. The first-order valence-corrected chi connectivity index (χ1v) is 4.70. The van der Waals surface area contributed by atoms with Crippen LogP contribution in [0.15, 0.2) is 0 Å². The van der Waals surface area contributed by atoms with E-state index in [1.54, 1.807) is 0 Å². The molecule has 0 unspecified atom stereocenters. The van der Waals surface area contributed by atoms with Gasteiger partial charge in [-0.2, -0.15) is 0 Å². The minimum atomic E-state index is -4.64. The Labute approximate surface area is 125 Å². The summed E-state index contributed by atoms with van der Waals surface area (Å²) in [7, 11) is -9.28. The zero-order chi connectivity index (χ0) is 9.00. The van der Waals surface area contributed by atoms with Gasteiger partial charge in [0, 0.05) is 51.2 Å². The minimum absolute atomic E-state index is 0. The van der Waals surface area contributed by atoms with Crippen LogP contribution in [0.1, 0.15) is 1.43 Å². The quantitative estimate of drug-likeness (QED) is 0.184. The Kier molecular flexibility index (Phi) is 39.5. The molecule has 0 aromatic carbocycles. The number of hydrogen-bond acceptors (Lipinski definition) is 2. The predicted octanol–water partition coefficient (Wildman–Crippen LogP) is -4.75. The number of phosphoric acid groups is 2. The van der Waals surface area contributed by atoms with E-state index < -0.39 is 15.6 Å². The molecule has 0 aliphatic rings. The molecule has 8 nitrogen and oxygen atoms in total. The third-order valence-electron chi connectivity index (χ3n) is 0. The van der Waals surface area contributed by atoms with Gasteiger partial charge in [0.05, 0.1) is 0 Å². The van der Waals surface area contributed by atoms with Gasteiger partial charge in [-0.1, -0.05) is 0 Å². The zero-order valence-electron chi connectivity index (χ0n) is 7.53. The van der Waals surface area contributed by atoms with Crippen molar-refractivity contribution in [3.05, 3.63) is 0 Å². The molecule has 0 aromatic heterocycles. The van der Waals surface area contributed by atoms with E-state index in [9.17, 15) is 0 Å². The van der Waals surface area contributed by atoms with Gasteiger partial charge in [-0.25, -0.2) is 9.13 Å². The van der Waals surface area contributed by atoms with E-state index in [0.29, 0.717) is 0 Å². The maximum absolute atomic E-state index is 8.88. The molecule has 0 fully saturated rings. The Morgan fingerprint density at radius 2 is 0.643 bits per heavy atom. The van der Waals surface area contributed by atoms with Crippen LogP contribution in [0, 0.1) is 0 Å². The van der Waals surface area contributed by atoms with Crippen molar-refractivity contribution in [2.24, 2.45) is 0 Å². The van der Waals surface area contributed by atoms with Gasteiger partial charge in [0.1, 0.15) is 0 Å². The molecule has 14 heavy (non-hydrogen) atoms. The summed E-state index contributed by atoms with van der Waals surface area (Å²) in [6.45, 7) is 0. The van der Waals surface area contributed by atoms with Gasteiger partial charge in [0.15, 0.2) is 0 Å². The number of rotatable bonds is 0. The van der Waals surface area contributed by atoms with E-state index >= 15 is 0 Å². The Bertz CT molecular complexity index is 140. The van der Waals surface area contributed by atoms with Gasteiger partial charge in [-0.05, 0) is 0 Å². The summed E-state index contributed by atoms with van der Waals surface area (Å²) in [5.74, 6) is 0. The Balaban J connectivity index is -0.0000000128. The van der Waals surface area contributed by atoms with Gasteiger partial charge in [-0.3, -0.25) is 0 Å². The summed E-state index contributed by atoms with van der Waals surface area (Å²) in [6.07, 6.45) is 0. The standard InChI is InChI=1S/Li.3Mn.2H3O4P.H/c;;;;2*1-5(2,3)4;/h;;;;2*(H3,1,2,3,4);/q+1;;;;;;-1. The van der Waals surface area contributed by atoms with Crippen molar-refractivity contribution in [3.63, 3.8) is 0 Å². The smallest absolute Gasteiger partial charge is 1.00 e. The molecule has 3 radical (unpaired) electrons. The summed E-state index contributed by atoms with van der Waals surface area (Å²) < 4.78 is 17.8. The van der Waals surface area contributed by atoms with Crippen LogP contribution in [0.4, 0.5) is 0 Å². The maximum Gasteiger partial charge on any atom is 1.00 e. The van der Waals surface area contributed by atoms with Crippen LogP contribution >= 0.6 is 15.6 Å². The third kappa shape index (κ3) is 456. The second-order valence-electron chi connectivity index (χ2n) is 1.03. The van der Waals surface area contributed by atoms with E-state index in [0.717, 1.165) is 0 Å². The van der Waals surface area contributed by atoms with E-state index in [4.69, 9.17) is 38.5 Å². The van der Waals surface area contributed by atoms with Gasteiger partial charge >= 0.3 is 34.5 Å². The first-order valence-electron chi connectivity index (χ1n) is 1.57. The molecule has 6 N–H and O–H groups in total. The van der Waals surface area contributed by atoms with Crippen molar-refractivity contribution in [3.8, 4) is 0 Å². The summed E-state index contributed by atoms with van der Waals surface area (Å²) >= 11 is 0. The molecule has 0 amide bonds. The molecule has 0 rings (SSSR count). The largest absolute Gasteiger partial charge is 1.00 e. The molecule has 0 aromatic rings. The normalized spacial score (nSPS) is 8.43. The predicted molar refractivity (Wildman–Crippen MR) is 29.6 cm³/mol. The van der Waals surface area contributed by atoms with Crippen molar-refractivity contribution in [2.75, 3.05) is 0 Å². The van der Waals surface area contributed by atoms with E-state index in [1.807, 2.05) is 0 Å². The van der Waals surface area contributed by atoms with E-state index in [1.165, 1.54) is 0 Å². The van der Waals surface area contributed by atoms with Crippen molar-refractivity contribution in [2.45, 2.75) is 0 Å². The van der Waals surface area contributed by atoms with Crippen LogP contribution in [-0.4, -0.2) is 29.4 Å². The number of hydrogen-bond donors (Lipinski definition) is 6. The van der Waals surface area contributed by atoms with Gasteiger partial charge in [0.25, 0.3) is 0 Å². The molecule has 0 heterocycles. The van der Waals surface area contributed by atoms with Crippen molar-refractivity contribution in [1.82, 2.24) is 0 Å². The van der Waals surface area contributed by atoms with Crippen LogP contribution in [0.25, 0.3) is 0 Å². The molecule has 0 bridgehead atoms. The van der Waals surface area contributed by atoms with Crippen molar-refractivity contribution >= 4 is 15.6 Å². The topological polar surface area (TPSA) is 156 Å². The van der Waals surface area contributed by atoms with Crippen LogP contribution in [0.2, 0.25) is 0 Å². The molecule has 0 aliphatic carbocycles. The van der Waals surface area contributed by atoms with Crippen LogP contribution in [0.5, 0.6) is 0 Å². The van der Waals surface area contributed by atoms with Crippen LogP contribution in [0.3, 0.4) is 0 Å². The Morgan fingerprint density at radius 3 is 0.643 bits per heavy atom. The molecule has 87 valence electrons. The summed E-state index contributed by atoms with van der Waals surface area (Å²) in [6, 6.07) is 0. The minimum Gasteiger partial charge on any atom is -1.00 e. The fraction of sp³-hybridized carbons (Fsp3) is 0. The SMILES string of the molecule is O=P(O)(O)O.O=P(O)(O)O.[H-].[Li+].[Mn].[Mn].[Mn]. The zero-order valence-corrected chi connectivity index (χ0v) is 11.9. The first kappa shape index (κ1) is 36.0. The van der Waals surface area contributed by atoms with Crippen molar-refractivity contribution in [1.29, 1.82) is 0 Å². The summed E-state index contributed by atoms with van der Waals surface area (Å²) in [5, 5.41) is 0. The Morgan fingerprint density at radius 1 is 0.643 bits per heavy atom. The van der Waals surface area contributed by atoms with Crippen LogP contribution in [-0.2, 0) is 60.3 Å². The second-order valence-corrected chi connectivity index (χ2v) is 3.08. The van der Waals surface area contributed by atoms with Crippen molar-refractivity contribution < 1.29 is 110 Å². The van der Waals surface area contributed by atoms with Gasteiger partial charge < -0.3 is 30.8 Å². The molecule has 0 atom stereocenters. The first-order chi connectivity index (χ1) is 4.00. The van der Waals surface area contributed by atoms with Crippen LogP contribution < -0.4 is 18.9 Å². The van der Waals surface area contributed by atoms with Gasteiger partial charge in [0.2, 0.25) is 0 Å². The average Bonchev–Trinajstić information content (AvgIpc) is 1.12. The summed E-state index contributed by atoms with van der Waals surface area (Å²) in [5.41, 5.74) is 0. The second kappa shape index (κ2) is 15.4. The third-order valence-corrected chi connectivity index (χ3v) is 0. The molecule has 0 aliphatic heterocycles. The molecule has 0 saturated carbocycles. The molecular weight excluding hydrogens is 362 g/mol. The van der Waals surface area contributed by atoms with E-state index in [2.05, 4.69) is 0 Å². The molecular formula is H7LiMn3O8P2. The fourth-order valence-corrected chi connectivity index (χ4v) is 0. The molecule has 14 heteroatoms.